The molecule has 1 unspecified atom stereocenters. The number of rotatable bonds is 4. The zero-order chi connectivity index (χ0) is 14.0. The van der Waals surface area contributed by atoms with Crippen LogP contribution in [0.1, 0.15) is 13.3 Å². The smallest absolute Gasteiger partial charge is 0.312 e. The highest BCUT2D eigenvalue weighted by Gasteiger charge is 2.30. The number of anilines is 1. The normalized spacial score (nSPS) is 19.2. The molecule has 19 heavy (non-hydrogen) atoms. The highest BCUT2D eigenvalue weighted by Crippen LogP contribution is 2.31. The number of hydrogen-bond donors (Lipinski definition) is 0. The maximum atomic E-state index is 11.1. The Bertz CT molecular complexity index is 483. The fourth-order valence-electron chi connectivity index (χ4n) is 2.35. The summed E-state index contributed by atoms with van der Waals surface area (Å²) in [5, 5.41) is 11.1. The first-order valence-corrected chi connectivity index (χ1v) is 7.07. The minimum Gasteiger partial charge on any atom is -0.349 e. The van der Waals surface area contributed by atoms with Crippen LogP contribution in [0.2, 0.25) is 0 Å². The molecule has 2 rings (SSSR count). The van der Waals surface area contributed by atoms with Crippen LogP contribution in [0.3, 0.4) is 0 Å². The Morgan fingerprint density at radius 2 is 2.42 bits per heavy atom. The molecule has 1 aromatic rings. The van der Waals surface area contributed by atoms with Crippen molar-refractivity contribution >= 4 is 27.4 Å². The molecule has 1 aliphatic rings. The third kappa shape index (κ3) is 3.03. The first-order valence-electron chi connectivity index (χ1n) is 6.28. The lowest BCUT2D eigenvalue weighted by Gasteiger charge is -2.23. The van der Waals surface area contributed by atoms with E-state index in [1.54, 1.807) is 6.20 Å². The van der Waals surface area contributed by atoms with Crippen molar-refractivity contribution < 1.29 is 4.92 Å². The highest BCUT2D eigenvalue weighted by atomic mass is 79.9. The van der Waals surface area contributed by atoms with Gasteiger partial charge in [-0.2, -0.15) is 0 Å². The maximum absolute atomic E-state index is 11.1. The van der Waals surface area contributed by atoms with E-state index in [-0.39, 0.29) is 10.6 Å². The van der Waals surface area contributed by atoms with Gasteiger partial charge in [0.2, 0.25) is 5.82 Å². The molecular formula is C12H17BrN4O2. The monoisotopic (exact) mass is 328 g/mol. The molecule has 104 valence electrons. The lowest BCUT2D eigenvalue weighted by atomic mass is 10.2. The van der Waals surface area contributed by atoms with Crippen molar-refractivity contribution in [3.8, 4) is 0 Å². The molecule has 1 saturated heterocycles. The van der Waals surface area contributed by atoms with Gasteiger partial charge in [0, 0.05) is 35.9 Å². The van der Waals surface area contributed by atoms with Crippen LogP contribution in [0.4, 0.5) is 11.5 Å². The van der Waals surface area contributed by atoms with E-state index in [0.29, 0.717) is 16.3 Å². The Labute approximate surface area is 120 Å². The predicted octanol–water partition coefficient (Wildman–Crippen LogP) is 2.28. The second-order valence-corrected chi connectivity index (χ2v) is 5.63. The molecule has 1 aromatic heterocycles. The number of aromatic nitrogens is 1. The number of likely N-dealkylation sites (N-methyl/N-ethyl adjacent to an activating group) is 1. The Morgan fingerprint density at radius 1 is 1.68 bits per heavy atom. The molecule has 2 heterocycles. The summed E-state index contributed by atoms with van der Waals surface area (Å²) in [4.78, 5) is 19.2. The van der Waals surface area contributed by atoms with Crippen molar-refractivity contribution in [2.24, 2.45) is 0 Å². The standard InChI is InChI=1S/C12H17BrN4O2/c1-3-15(2)10-4-5-16(8-10)12-11(17(18)19)6-9(13)7-14-12/h6-7,10H,3-5,8H2,1-2H3. The van der Waals surface area contributed by atoms with Crippen LogP contribution in [0.15, 0.2) is 16.7 Å². The van der Waals surface area contributed by atoms with Crippen LogP contribution >= 0.6 is 15.9 Å². The number of nitro groups is 1. The fourth-order valence-corrected chi connectivity index (χ4v) is 2.67. The van der Waals surface area contributed by atoms with Gasteiger partial charge in [-0.3, -0.25) is 10.1 Å². The van der Waals surface area contributed by atoms with E-state index in [0.717, 1.165) is 26.1 Å². The summed E-state index contributed by atoms with van der Waals surface area (Å²) in [5.41, 5.74) is 0.0641. The van der Waals surface area contributed by atoms with Crippen LogP contribution < -0.4 is 4.90 Å². The predicted molar refractivity (Wildman–Crippen MR) is 77.5 cm³/mol. The van der Waals surface area contributed by atoms with E-state index in [2.05, 4.69) is 39.8 Å². The zero-order valence-corrected chi connectivity index (χ0v) is 12.6. The second kappa shape index (κ2) is 5.83. The first-order chi connectivity index (χ1) is 9.02. The van der Waals surface area contributed by atoms with Crippen molar-refractivity contribution in [1.29, 1.82) is 0 Å². The molecule has 7 heteroatoms. The van der Waals surface area contributed by atoms with Crippen LogP contribution in [-0.2, 0) is 0 Å². The Balaban J connectivity index is 2.22. The topological polar surface area (TPSA) is 62.5 Å². The van der Waals surface area contributed by atoms with Gasteiger partial charge in [-0.1, -0.05) is 6.92 Å². The largest absolute Gasteiger partial charge is 0.349 e. The van der Waals surface area contributed by atoms with Gasteiger partial charge in [-0.05, 0) is 35.9 Å². The van der Waals surface area contributed by atoms with E-state index < -0.39 is 0 Å². The van der Waals surface area contributed by atoms with Gasteiger partial charge in [0.05, 0.1) is 4.92 Å². The minimum absolute atomic E-state index is 0.0641. The third-order valence-corrected chi connectivity index (χ3v) is 4.03. The van der Waals surface area contributed by atoms with Crippen molar-refractivity contribution in [2.75, 3.05) is 31.6 Å². The van der Waals surface area contributed by atoms with Crippen molar-refractivity contribution in [3.05, 3.63) is 26.9 Å². The Kier molecular flexibility index (Phi) is 4.36. The molecular weight excluding hydrogens is 312 g/mol. The summed E-state index contributed by atoms with van der Waals surface area (Å²) in [6.45, 7) is 4.70. The number of pyridine rings is 1. The molecule has 6 nitrogen and oxygen atoms in total. The van der Waals surface area contributed by atoms with E-state index in [1.807, 2.05) is 4.90 Å². The quantitative estimate of drug-likeness (QED) is 0.626. The summed E-state index contributed by atoms with van der Waals surface area (Å²) < 4.78 is 0.629. The first kappa shape index (κ1) is 14.2. The number of nitrogens with zero attached hydrogens (tertiary/aromatic N) is 4. The van der Waals surface area contributed by atoms with Crippen LogP contribution in [0, 0.1) is 10.1 Å². The van der Waals surface area contributed by atoms with E-state index in [1.165, 1.54) is 6.07 Å². The maximum Gasteiger partial charge on any atom is 0.312 e. The lowest BCUT2D eigenvalue weighted by Crippen LogP contribution is -2.34. The lowest BCUT2D eigenvalue weighted by molar-refractivity contribution is -0.384. The van der Waals surface area contributed by atoms with Crippen LogP contribution in [-0.4, -0.2) is 47.5 Å². The van der Waals surface area contributed by atoms with Crippen molar-refractivity contribution in [2.45, 2.75) is 19.4 Å². The third-order valence-electron chi connectivity index (χ3n) is 3.60. The van der Waals surface area contributed by atoms with Gasteiger partial charge in [0.25, 0.3) is 0 Å². The minimum atomic E-state index is -0.371. The Hall–Kier alpha value is -1.21. The van der Waals surface area contributed by atoms with E-state index in [4.69, 9.17) is 0 Å². The Morgan fingerprint density at radius 3 is 3.05 bits per heavy atom. The molecule has 1 atom stereocenters. The van der Waals surface area contributed by atoms with Gasteiger partial charge < -0.3 is 9.80 Å². The summed E-state index contributed by atoms with van der Waals surface area (Å²) in [6.07, 6.45) is 2.62. The molecule has 1 aliphatic heterocycles. The highest BCUT2D eigenvalue weighted by molar-refractivity contribution is 9.10. The average Bonchev–Trinajstić information content (AvgIpc) is 2.87. The second-order valence-electron chi connectivity index (χ2n) is 4.72. The fraction of sp³-hybridized carbons (Fsp3) is 0.583. The van der Waals surface area contributed by atoms with E-state index in [9.17, 15) is 10.1 Å². The molecule has 0 radical (unpaired) electrons. The summed E-state index contributed by atoms with van der Waals surface area (Å²) in [6, 6.07) is 1.95. The molecule has 0 aromatic carbocycles. The van der Waals surface area contributed by atoms with Gasteiger partial charge in [0.15, 0.2) is 0 Å². The number of halogens is 1. The van der Waals surface area contributed by atoms with Gasteiger partial charge >= 0.3 is 5.69 Å². The van der Waals surface area contributed by atoms with Crippen molar-refractivity contribution in [1.82, 2.24) is 9.88 Å². The molecule has 0 saturated carbocycles. The number of hydrogen-bond acceptors (Lipinski definition) is 5. The molecule has 0 bridgehead atoms. The van der Waals surface area contributed by atoms with Crippen LogP contribution in [0.5, 0.6) is 0 Å². The van der Waals surface area contributed by atoms with Crippen molar-refractivity contribution in [3.63, 3.8) is 0 Å². The summed E-state index contributed by atoms with van der Waals surface area (Å²) >= 11 is 3.23. The van der Waals surface area contributed by atoms with Crippen LogP contribution in [0.25, 0.3) is 0 Å². The summed E-state index contributed by atoms with van der Waals surface area (Å²) in [7, 11) is 2.08. The molecule has 0 amide bonds. The van der Waals surface area contributed by atoms with Gasteiger partial charge in [-0.25, -0.2) is 4.98 Å². The summed E-state index contributed by atoms with van der Waals surface area (Å²) in [5.74, 6) is 0.472. The molecule has 0 N–H and O–H groups in total. The SMILES string of the molecule is CCN(C)C1CCN(c2ncc(Br)cc2[N+](=O)[O-])C1. The molecule has 1 fully saturated rings. The molecule has 0 aliphatic carbocycles. The van der Waals surface area contributed by atoms with Gasteiger partial charge in [0.1, 0.15) is 0 Å². The zero-order valence-electron chi connectivity index (χ0n) is 11.0. The average molecular weight is 329 g/mol. The molecule has 0 spiro atoms. The van der Waals surface area contributed by atoms with E-state index >= 15 is 0 Å². The van der Waals surface area contributed by atoms with Gasteiger partial charge in [-0.15, -0.1) is 0 Å².